The van der Waals surface area contributed by atoms with Crippen LogP contribution in [0.15, 0.2) is 27.4 Å². The van der Waals surface area contributed by atoms with E-state index in [-0.39, 0.29) is 17.1 Å². The Morgan fingerprint density at radius 2 is 2.07 bits per heavy atom. The van der Waals surface area contributed by atoms with Crippen LogP contribution >= 0.6 is 0 Å². The van der Waals surface area contributed by atoms with E-state index in [4.69, 9.17) is 9.15 Å². The lowest BCUT2D eigenvalue weighted by Gasteiger charge is -2.05. The summed E-state index contributed by atoms with van der Waals surface area (Å²) < 4.78 is 9.66. The Morgan fingerprint density at radius 1 is 1.33 bits per heavy atom. The van der Waals surface area contributed by atoms with Crippen LogP contribution in [-0.4, -0.2) is 17.3 Å². The third-order valence-corrected chi connectivity index (χ3v) is 2.03. The zero-order chi connectivity index (χ0) is 11.0. The summed E-state index contributed by atoms with van der Waals surface area (Å²) in [5.74, 6) is -0.560. The Morgan fingerprint density at radius 3 is 2.73 bits per heavy atom. The average molecular weight is 208 g/mol. The number of rotatable bonds is 1. The summed E-state index contributed by atoms with van der Waals surface area (Å²) in [7, 11) is 1.33. The van der Waals surface area contributed by atoms with Gasteiger partial charge in [0.15, 0.2) is 5.75 Å². The Bertz CT molecular complexity index is 570. The molecule has 0 spiro atoms. The van der Waals surface area contributed by atoms with Crippen molar-refractivity contribution in [3.05, 3.63) is 28.6 Å². The highest BCUT2D eigenvalue weighted by Gasteiger charge is 2.14. The summed E-state index contributed by atoms with van der Waals surface area (Å²) in [6.45, 7) is 0. The maximum absolute atomic E-state index is 11.1. The molecule has 15 heavy (non-hydrogen) atoms. The van der Waals surface area contributed by atoms with Gasteiger partial charge in [0.05, 0.1) is 12.5 Å². The maximum Gasteiger partial charge on any atom is 0.382 e. The van der Waals surface area contributed by atoms with Gasteiger partial charge >= 0.3 is 5.63 Å². The summed E-state index contributed by atoms with van der Waals surface area (Å²) in [5.41, 5.74) is -0.736. The monoisotopic (exact) mass is 208 g/mol. The van der Waals surface area contributed by atoms with Gasteiger partial charge in [-0.2, -0.15) is 0 Å². The normalized spacial score (nSPS) is 10.5. The Labute approximate surface area is 84.1 Å². The van der Waals surface area contributed by atoms with Crippen molar-refractivity contribution < 1.29 is 19.4 Å². The molecule has 2 N–H and O–H groups in total. The molecule has 0 bridgehead atoms. The summed E-state index contributed by atoms with van der Waals surface area (Å²) >= 11 is 0. The van der Waals surface area contributed by atoms with Crippen molar-refractivity contribution in [3.8, 4) is 17.2 Å². The van der Waals surface area contributed by atoms with E-state index in [9.17, 15) is 15.0 Å². The number of benzene rings is 1. The van der Waals surface area contributed by atoms with Crippen LogP contribution in [0.3, 0.4) is 0 Å². The molecule has 0 atom stereocenters. The molecule has 78 valence electrons. The molecule has 1 heterocycles. The fourth-order valence-corrected chi connectivity index (χ4v) is 1.36. The van der Waals surface area contributed by atoms with E-state index in [1.165, 1.54) is 25.3 Å². The summed E-state index contributed by atoms with van der Waals surface area (Å²) in [6, 6.07) is 4.18. The lowest BCUT2D eigenvalue weighted by Crippen LogP contribution is -2.00. The average Bonchev–Trinajstić information content (AvgIpc) is 2.20. The predicted molar refractivity (Wildman–Crippen MR) is 52.4 cm³/mol. The minimum Gasteiger partial charge on any atom is -0.508 e. The highest BCUT2D eigenvalue weighted by Crippen LogP contribution is 2.32. The molecule has 5 nitrogen and oxygen atoms in total. The topological polar surface area (TPSA) is 79.9 Å². The molecule has 0 amide bonds. The molecule has 0 unspecified atom stereocenters. The summed E-state index contributed by atoms with van der Waals surface area (Å²) in [5, 5.41) is 19.0. The second-order valence-corrected chi connectivity index (χ2v) is 2.95. The zero-order valence-corrected chi connectivity index (χ0v) is 7.85. The van der Waals surface area contributed by atoms with Crippen LogP contribution in [0.5, 0.6) is 17.2 Å². The van der Waals surface area contributed by atoms with Crippen LogP contribution in [0, 0.1) is 0 Å². The van der Waals surface area contributed by atoms with E-state index >= 15 is 0 Å². The van der Waals surface area contributed by atoms with Gasteiger partial charge in [-0.25, -0.2) is 4.79 Å². The van der Waals surface area contributed by atoms with Crippen molar-refractivity contribution in [1.29, 1.82) is 0 Å². The summed E-state index contributed by atoms with van der Waals surface area (Å²) in [6.07, 6.45) is 0. The van der Waals surface area contributed by atoms with Crippen LogP contribution in [0.4, 0.5) is 0 Å². The molecule has 0 fully saturated rings. The molecule has 0 radical (unpaired) electrons. The highest BCUT2D eigenvalue weighted by molar-refractivity contribution is 5.86. The van der Waals surface area contributed by atoms with Gasteiger partial charge in [-0.3, -0.25) is 0 Å². The molecular formula is C10H8O5. The number of aromatic hydroxyl groups is 2. The lowest BCUT2D eigenvalue weighted by atomic mass is 10.2. The molecule has 0 aliphatic carbocycles. The number of methoxy groups -OCH3 is 1. The Hall–Kier alpha value is -2.17. The maximum atomic E-state index is 11.1. The largest absolute Gasteiger partial charge is 0.508 e. The molecule has 2 aromatic rings. The van der Waals surface area contributed by atoms with Gasteiger partial charge in [-0.05, 0) is 12.1 Å². The molecule has 0 aliphatic heterocycles. The fourth-order valence-electron chi connectivity index (χ4n) is 1.36. The molecular weight excluding hydrogens is 200 g/mol. The molecule has 0 aliphatic rings. The molecule has 1 aromatic carbocycles. The number of phenols is 1. The molecule has 0 saturated heterocycles. The summed E-state index contributed by atoms with van der Waals surface area (Å²) in [4.78, 5) is 11.1. The van der Waals surface area contributed by atoms with Crippen molar-refractivity contribution in [2.75, 3.05) is 7.11 Å². The molecule has 0 saturated carbocycles. The van der Waals surface area contributed by atoms with E-state index in [1.54, 1.807) is 0 Å². The van der Waals surface area contributed by atoms with Crippen molar-refractivity contribution >= 4 is 11.0 Å². The van der Waals surface area contributed by atoms with Gasteiger partial charge < -0.3 is 19.4 Å². The number of phenolic OH excluding ortho intramolecular Hbond substituents is 1. The van der Waals surface area contributed by atoms with Crippen molar-refractivity contribution in [2.45, 2.75) is 0 Å². The van der Waals surface area contributed by atoms with Gasteiger partial charge in [-0.1, -0.05) is 0 Å². The third kappa shape index (κ3) is 1.38. The first-order valence-electron chi connectivity index (χ1n) is 4.16. The van der Waals surface area contributed by atoms with E-state index in [2.05, 4.69) is 0 Å². The molecule has 5 heteroatoms. The van der Waals surface area contributed by atoms with Crippen LogP contribution in [0.2, 0.25) is 0 Å². The minimum absolute atomic E-state index is 0.0293. The third-order valence-electron chi connectivity index (χ3n) is 2.03. The number of hydrogen-bond donors (Lipinski definition) is 2. The standard InChI is InChI=1S/C10H8O5/c1-14-9-6-3-2-5(11)4-7(6)15-10(13)8(9)12/h2-4,11-12H,1H3. The second-order valence-electron chi connectivity index (χ2n) is 2.95. The first-order chi connectivity index (χ1) is 7.13. The molecule has 2 rings (SSSR count). The van der Waals surface area contributed by atoms with Crippen LogP contribution in [0.25, 0.3) is 11.0 Å². The SMILES string of the molecule is COc1c(O)c(=O)oc2cc(O)ccc12. The van der Waals surface area contributed by atoms with Crippen LogP contribution < -0.4 is 10.4 Å². The second kappa shape index (κ2) is 3.20. The van der Waals surface area contributed by atoms with Crippen molar-refractivity contribution in [2.24, 2.45) is 0 Å². The van der Waals surface area contributed by atoms with Gasteiger partial charge in [-0.15, -0.1) is 0 Å². The number of hydrogen-bond acceptors (Lipinski definition) is 5. The first-order valence-corrected chi connectivity index (χ1v) is 4.16. The van der Waals surface area contributed by atoms with Gasteiger partial charge in [0, 0.05) is 6.07 Å². The van der Waals surface area contributed by atoms with Crippen LogP contribution in [0.1, 0.15) is 0 Å². The zero-order valence-electron chi connectivity index (χ0n) is 7.85. The quantitative estimate of drug-likeness (QED) is 0.688. The molecule has 1 aromatic heterocycles. The van der Waals surface area contributed by atoms with Crippen molar-refractivity contribution in [3.63, 3.8) is 0 Å². The van der Waals surface area contributed by atoms with Gasteiger partial charge in [0.1, 0.15) is 11.3 Å². The van der Waals surface area contributed by atoms with Crippen LogP contribution in [-0.2, 0) is 0 Å². The Kier molecular flexibility index (Phi) is 2.00. The van der Waals surface area contributed by atoms with E-state index in [0.29, 0.717) is 5.39 Å². The van der Waals surface area contributed by atoms with E-state index < -0.39 is 11.4 Å². The van der Waals surface area contributed by atoms with Gasteiger partial charge in [0.25, 0.3) is 0 Å². The van der Waals surface area contributed by atoms with E-state index in [1.807, 2.05) is 0 Å². The number of fused-ring (bicyclic) bond motifs is 1. The minimum atomic E-state index is -0.898. The van der Waals surface area contributed by atoms with Crippen molar-refractivity contribution in [1.82, 2.24) is 0 Å². The highest BCUT2D eigenvalue weighted by atomic mass is 16.5. The Balaban J connectivity index is 2.94. The smallest absolute Gasteiger partial charge is 0.382 e. The predicted octanol–water partition coefficient (Wildman–Crippen LogP) is 1.21. The van der Waals surface area contributed by atoms with Gasteiger partial charge in [0.2, 0.25) is 5.75 Å². The number of ether oxygens (including phenoxy) is 1. The lowest BCUT2D eigenvalue weighted by molar-refractivity contribution is 0.357. The van der Waals surface area contributed by atoms with E-state index in [0.717, 1.165) is 0 Å². The fraction of sp³-hybridized carbons (Fsp3) is 0.100. The first kappa shape index (κ1) is 9.39.